The third-order valence-electron chi connectivity index (χ3n) is 0.550. The standard InChI is InChI=1S/C3H7BrO3S/c1-2-3-8(5,6)7-4/h2-3H2,1H3. The van der Waals surface area contributed by atoms with Gasteiger partial charge in [0.1, 0.15) is 16.3 Å². The summed E-state index contributed by atoms with van der Waals surface area (Å²) >= 11 is 2.38. The molecule has 0 aromatic carbocycles. The summed E-state index contributed by atoms with van der Waals surface area (Å²) in [5, 5.41) is 0. The third-order valence-corrected chi connectivity index (χ3v) is 2.86. The van der Waals surface area contributed by atoms with Crippen LogP contribution in [0.4, 0.5) is 0 Å². The molecule has 0 radical (unpaired) electrons. The Kier molecular flexibility index (Phi) is 3.59. The lowest BCUT2D eigenvalue weighted by Gasteiger charge is -1.92. The molecule has 50 valence electrons. The van der Waals surface area contributed by atoms with Crippen molar-refractivity contribution in [1.82, 2.24) is 0 Å². The van der Waals surface area contributed by atoms with Gasteiger partial charge in [-0.1, -0.05) is 6.92 Å². The third kappa shape index (κ3) is 3.40. The lowest BCUT2D eigenvalue weighted by molar-refractivity contribution is 0.525. The first kappa shape index (κ1) is 8.39. The molecule has 0 aliphatic heterocycles. The van der Waals surface area contributed by atoms with Gasteiger partial charge in [-0.25, -0.2) is 0 Å². The van der Waals surface area contributed by atoms with E-state index in [0.717, 1.165) is 0 Å². The molecule has 0 aliphatic carbocycles. The lowest BCUT2D eigenvalue weighted by atomic mass is 10.6. The van der Waals surface area contributed by atoms with Crippen molar-refractivity contribution >= 4 is 26.4 Å². The molecule has 0 unspecified atom stereocenters. The van der Waals surface area contributed by atoms with Crippen molar-refractivity contribution in [2.75, 3.05) is 5.75 Å². The molecule has 0 atom stereocenters. The van der Waals surface area contributed by atoms with E-state index in [0.29, 0.717) is 6.42 Å². The molecule has 5 heteroatoms. The van der Waals surface area contributed by atoms with Gasteiger partial charge >= 0.3 is 0 Å². The highest BCUT2D eigenvalue weighted by Crippen LogP contribution is 1.99. The van der Waals surface area contributed by atoms with E-state index in [4.69, 9.17) is 0 Å². The Balaban J connectivity index is 3.76. The molecule has 0 aliphatic rings. The first-order valence-corrected chi connectivity index (χ1v) is 4.37. The second-order valence-electron chi connectivity index (χ2n) is 1.32. The van der Waals surface area contributed by atoms with Gasteiger partial charge in [-0.05, 0) is 6.42 Å². The Hall–Kier alpha value is 0.390. The van der Waals surface area contributed by atoms with E-state index < -0.39 is 10.1 Å². The Morgan fingerprint density at radius 2 is 2.12 bits per heavy atom. The molecule has 0 spiro atoms. The monoisotopic (exact) mass is 202 g/mol. The molecule has 3 nitrogen and oxygen atoms in total. The number of hydrogen-bond acceptors (Lipinski definition) is 3. The molecule has 8 heavy (non-hydrogen) atoms. The van der Waals surface area contributed by atoms with Crippen LogP contribution in [0.3, 0.4) is 0 Å². The molecule has 0 heterocycles. The summed E-state index contributed by atoms with van der Waals surface area (Å²) in [5.41, 5.74) is 0. The average molecular weight is 203 g/mol. The summed E-state index contributed by atoms with van der Waals surface area (Å²) in [6.45, 7) is 1.77. The average Bonchev–Trinajstić information content (AvgIpc) is 1.67. The zero-order valence-electron chi connectivity index (χ0n) is 4.43. The first-order chi connectivity index (χ1) is 3.62. The quantitative estimate of drug-likeness (QED) is 0.688. The number of rotatable bonds is 3. The molecule has 0 saturated carbocycles. The van der Waals surface area contributed by atoms with E-state index in [2.05, 4.69) is 19.5 Å². The van der Waals surface area contributed by atoms with Gasteiger partial charge in [-0.3, -0.25) is 0 Å². The maximum atomic E-state index is 10.3. The van der Waals surface area contributed by atoms with Crippen LogP contribution >= 0.6 is 16.3 Å². The van der Waals surface area contributed by atoms with E-state index in [9.17, 15) is 8.42 Å². The normalized spacial score (nSPS) is 11.8. The second-order valence-corrected chi connectivity index (χ2v) is 3.77. The van der Waals surface area contributed by atoms with Crippen LogP contribution < -0.4 is 0 Å². The highest BCUT2D eigenvalue weighted by Gasteiger charge is 2.05. The highest BCUT2D eigenvalue weighted by molar-refractivity contribution is 9.06. The van der Waals surface area contributed by atoms with Gasteiger partial charge in [0, 0.05) is 0 Å². The Morgan fingerprint density at radius 1 is 1.62 bits per heavy atom. The van der Waals surface area contributed by atoms with Gasteiger partial charge in [0.2, 0.25) is 0 Å². The van der Waals surface area contributed by atoms with Gasteiger partial charge in [0.15, 0.2) is 0 Å². The molecule has 0 bridgehead atoms. The van der Waals surface area contributed by atoms with Crippen molar-refractivity contribution in [2.45, 2.75) is 13.3 Å². The van der Waals surface area contributed by atoms with E-state index in [1.54, 1.807) is 6.92 Å². The Labute approximate surface area is 57.6 Å². The summed E-state index contributed by atoms with van der Waals surface area (Å²) in [5.74, 6) is 0.0677. The summed E-state index contributed by atoms with van der Waals surface area (Å²) in [7, 11) is -3.25. The van der Waals surface area contributed by atoms with Crippen LogP contribution in [-0.4, -0.2) is 14.2 Å². The fourth-order valence-electron chi connectivity index (χ4n) is 0.281. The zero-order valence-corrected chi connectivity index (χ0v) is 6.83. The number of hydrogen-bond donors (Lipinski definition) is 0. The topological polar surface area (TPSA) is 43.4 Å². The summed E-state index contributed by atoms with van der Waals surface area (Å²) in [6, 6.07) is 0. The Bertz CT molecular complexity index is 139. The first-order valence-electron chi connectivity index (χ1n) is 2.15. The van der Waals surface area contributed by atoms with Crippen LogP contribution in [0.5, 0.6) is 0 Å². The highest BCUT2D eigenvalue weighted by atomic mass is 79.9. The molecule has 0 aromatic rings. The van der Waals surface area contributed by atoms with Gasteiger partial charge in [-0.2, -0.15) is 11.7 Å². The lowest BCUT2D eigenvalue weighted by Crippen LogP contribution is -2.02. The summed E-state index contributed by atoms with van der Waals surface area (Å²) in [4.78, 5) is 0. The van der Waals surface area contributed by atoms with Crippen molar-refractivity contribution in [3.8, 4) is 0 Å². The van der Waals surface area contributed by atoms with Gasteiger partial charge in [0.25, 0.3) is 10.1 Å². The van der Waals surface area contributed by atoms with E-state index >= 15 is 0 Å². The van der Waals surface area contributed by atoms with Gasteiger partial charge in [-0.15, -0.1) is 0 Å². The molecule has 0 rings (SSSR count). The van der Waals surface area contributed by atoms with Gasteiger partial charge < -0.3 is 0 Å². The van der Waals surface area contributed by atoms with E-state index in [1.807, 2.05) is 0 Å². The fraction of sp³-hybridized carbons (Fsp3) is 1.00. The van der Waals surface area contributed by atoms with Gasteiger partial charge in [0.05, 0.1) is 5.75 Å². The molecular formula is C3H7BrO3S. The minimum Gasteiger partial charge on any atom is -0.199 e. The van der Waals surface area contributed by atoms with E-state index in [1.165, 1.54) is 0 Å². The van der Waals surface area contributed by atoms with Crippen LogP contribution in [0.25, 0.3) is 0 Å². The minimum atomic E-state index is -3.25. The maximum absolute atomic E-state index is 10.3. The van der Waals surface area contributed by atoms with E-state index in [-0.39, 0.29) is 5.75 Å². The molecular weight excluding hydrogens is 196 g/mol. The second kappa shape index (κ2) is 3.42. The molecule has 0 N–H and O–H groups in total. The molecule has 0 fully saturated rings. The SMILES string of the molecule is CCCS(=O)(=O)OBr. The van der Waals surface area contributed by atoms with Crippen molar-refractivity contribution in [3.05, 3.63) is 0 Å². The van der Waals surface area contributed by atoms with Crippen LogP contribution in [0, 0.1) is 0 Å². The largest absolute Gasteiger partial charge is 0.277 e. The smallest absolute Gasteiger partial charge is 0.199 e. The van der Waals surface area contributed by atoms with Crippen LogP contribution in [0.1, 0.15) is 13.3 Å². The number of halogens is 1. The van der Waals surface area contributed by atoms with Crippen LogP contribution in [0.15, 0.2) is 0 Å². The minimum absolute atomic E-state index is 0.0677. The van der Waals surface area contributed by atoms with Crippen molar-refractivity contribution in [2.24, 2.45) is 0 Å². The summed E-state index contributed by atoms with van der Waals surface area (Å²) < 4.78 is 24.6. The molecule has 0 saturated heterocycles. The van der Waals surface area contributed by atoms with Crippen LogP contribution in [0.2, 0.25) is 0 Å². The van der Waals surface area contributed by atoms with Crippen molar-refractivity contribution < 1.29 is 11.7 Å². The zero-order chi connectivity index (χ0) is 6.62. The summed E-state index contributed by atoms with van der Waals surface area (Å²) in [6.07, 6.45) is 0.577. The Morgan fingerprint density at radius 3 is 2.25 bits per heavy atom. The molecule has 0 aromatic heterocycles. The molecule has 0 amide bonds. The van der Waals surface area contributed by atoms with Crippen LogP contribution in [-0.2, 0) is 13.4 Å². The predicted octanol–water partition coefficient (Wildman–Crippen LogP) is 1.05. The van der Waals surface area contributed by atoms with Crippen molar-refractivity contribution in [3.63, 3.8) is 0 Å². The predicted molar refractivity (Wildman–Crippen MR) is 34.1 cm³/mol. The van der Waals surface area contributed by atoms with Crippen molar-refractivity contribution in [1.29, 1.82) is 0 Å². The maximum Gasteiger partial charge on any atom is 0.277 e. The fourth-order valence-corrected chi connectivity index (χ4v) is 1.24.